The lowest BCUT2D eigenvalue weighted by molar-refractivity contribution is -0.431. The smallest absolute Gasteiger partial charge is 0.336 e. The molecule has 1 N–H and O–H groups in total. The molecule has 1 aromatic carbocycles. The van der Waals surface area contributed by atoms with E-state index in [2.05, 4.69) is 5.32 Å². The summed E-state index contributed by atoms with van der Waals surface area (Å²) in [6.07, 6.45) is 0. The van der Waals surface area contributed by atoms with Crippen LogP contribution in [0.15, 0.2) is 46.9 Å². The van der Waals surface area contributed by atoms with Crippen molar-refractivity contribution >= 4 is 17.6 Å². The van der Waals surface area contributed by atoms with Gasteiger partial charge in [-0.1, -0.05) is 29.8 Å². The number of dihydropyridines is 1. The minimum Gasteiger partial charge on any atom is -0.466 e. The molecule has 22 heavy (non-hydrogen) atoms. The van der Waals surface area contributed by atoms with Crippen LogP contribution < -0.4 is 5.32 Å². The Bertz CT molecular complexity index is 709. The van der Waals surface area contributed by atoms with Gasteiger partial charge in [-0.05, 0) is 25.5 Å². The van der Waals surface area contributed by atoms with Gasteiger partial charge in [-0.2, -0.15) is 0 Å². The second-order valence-corrected chi connectivity index (χ2v) is 5.28. The molecule has 0 aliphatic carbocycles. The van der Waals surface area contributed by atoms with Gasteiger partial charge in [0, 0.05) is 10.7 Å². The van der Waals surface area contributed by atoms with Crippen LogP contribution in [0, 0.1) is 10.1 Å². The van der Waals surface area contributed by atoms with Crippen molar-refractivity contribution in [3.05, 3.63) is 67.6 Å². The predicted octanol–water partition coefficient (Wildman–Crippen LogP) is 2.98. The zero-order valence-electron chi connectivity index (χ0n) is 12.3. The Morgan fingerprint density at radius 1 is 1.32 bits per heavy atom. The zero-order chi connectivity index (χ0) is 16.4. The van der Waals surface area contributed by atoms with E-state index in [0.29, 0.717) is 22.0 Å². The number of benzene rings is 1. The summed E-state index contributed by atoms with van der Waals surface area (Å²) in [4.78, 5) is 23.2. The fourth-order valence-electron chi connectivity index (χ4n) is 2.62. The fraction of sp³-hybridized carbons (Fsp3) is 0.267. The van der Waals surface area contributed by atoms with Gasteiger partial charge in [0.05, 0.1) is 23.3 Å². The molecule has 0 saturated heterocycles. The molecule has 0 spiro atoms. The van der Waals surface area contributed by atoms with E-state index in [0.717, 1.165) is 0 Å². The topological polar surface area (TPSA) is 81.5 Å². The van der Waals surface area contributed by atoms with Gasteiger partial charge >= 0.3 is 5.97 Å². The van der Waals surface area contributed by atoms with E-state index < -0.39 is 16.8 Å². The predicted molar refractivity (Wildman–Crippen MR) is 81.7 cm³/mol. The molecule has 1 atom stereocenters. The molecule has 0 radical (unpaired) electrons. The van der Waals surface area contributed by atoms with E-state index >= 15 is 0 Å². The van der Waals surface area contributed by atoms with Crippen LogP contribution in [-0.2, 0) is 9.53 Å². The molecular weight excluding hydrogens is 308 g/mol. The Labute approximate surface area is 132 Å². The lowest BCUT2D eigenvalue weighted by Gasteiger charge is -2.26. The van der Waals surface area contributed by atoms with Crippen molar-refractivity contribution in [2.45, 2.75) is 19.8 Å². The first-order chi connectivity index (χ1) is 10.4. The molecule has 0 bridgehead atoms. The second kappa shape index (κ2) is 6.19. The summed E-state index contributed by atoms with van der Waals surface area (Å²) >= 11 is 6.20. The van der Waals surface area contributed by atoms with Crippen molar-refractivity contribution in [1.82, 2.24) is 5.32 Å². The fourth-order valence-corrected chi connectivity index (χ4v) is 2.86. The molecule has 0 fully saturated rings. The minimum absolute atomic E-state index is 0.112. The third-order valence-electron chi connectivity index (χ3n) is 3.54. The molecule has 0 aromatic heterocycles. The maximum atomic E-state index is 12.1. The summed E-state index contributed by atoms with van der Waals surface area (Å²) < 4.78 is 4.79. The standard InChI is InChI=1S/C15H15ClN2O4/c1-8-12(15(19)22-3)13(10-6-4-5-7-11(10)16)14(18(20)21)9(2)17-8/h4-7,13,17H,1-3H3. The van der Waals surface area contributed by atoms with Crippen molar-refractivity contribution in [2.75, 3.05) is 7.11 Å². The highest BCUT2D eigenvalue weighted by atomic mass is 35.5. The number of nitrogens with zero attached hydrogens (tertiary/aromatic N) is 1. The summed E-state index contributed by atoms with van der Waals surface area (Å²) in [7, 11) is 1.24. The highest BCUT2D eigenvalue weighted by Gasteiger charge is 2.41. The average molecular weight is 323 g/mol. The lowest BCUT2D eigenvalue weighted by Crippen LogP contribution is -2.31. The van der Waals surface area contributed by atoms with E-state index in [4.69, 9.17) is 16.3 Å². The summed E-state index contributed by atoms with van der Waals surface area (Å²) in [6.45, 7) is 3.27. The van der Waals surface area contributed by atoms with Gasteiger partial charge in [0.25, 0.3) is 5.70 Å². The van der Waals surface area contributed by atoms with Crippen LogP contribution in [0.3, 0.4) is 0 Å². The number of esters is 1. The van der Waals surface area contributed by atoms with Gasteiger partial charge < -0.3 is 10.1 Å². The zero-order valence-corrected chi connectivity index (χ0v) is 13.1. The maximum absolute atomic E-state index is 12.1. The molecule has 7 heteroatoms. The number of nitro groups is 1. The summed E-state index contributed by atoms with van der Waals surface area (Å²) in [6, 6.07) is 6.76. The van der Waals surface area contributed by atoms with Crippen LogP contribution in [0.25, 0.3) is 0 Å². The number of methoxy groups -OCH3 is 1. The Morgan fingerprint density at radius 3 is 2.50 bits per heavy atom. The van der Waals surface area contributed by atoms with E-state index in [1.165, 1.54) is 7.11 Å². The number of ether oxygens (including phenoxy) is 1. The monoisotopic (exact) mass is 322 g/mol. The van der Waals surface area contributed by atoms with Gasteiger partial charge in [0.2, 0.25) is 0 Å². The molecule has 1 aliphatic heterocycles. The maximum Gasteiger partial charge on any atom is 0.336 e. The molecule has 6 nitrogen and oxygen atoms in total. The van der Waals surface area contributed by atoms with Crippen LogP contribution in [0.1, 0.15) is 25.3 Å². The highest BCUT2D eigenvalue weighted by molar-refractivity contribution is 6.31. The van der Waals surface area contributed by atoms with Gasteiger partial charge in [-0.25, -0.2) is 4.79 Å². The molecular formula is C15H15ClN2O4. The largest absolute Gasteiger partial charge is 0.466 e. The lowest BCUT2D eigenvalue weighted by atomic mass is 9.84. The van der Waals surface area contributed by atoms with Crippen LogP contribution in [-0.4, -0.2) is 18.0 Å². The number of carbonyl (C=O) groups is 1. The molecule has 2 rings (SSSR count). The number of allylic oxidation sites excluding steroid dienone is 3. The van der Waals surface area contributed by atoms with Crippen LogP contribution >= 0.6 is 11.6 Å². The van der Waals surface area contributed by atoms with Crippen molar-refractivity contribution in [3.63, 3.8) is 0 Å². The van der Waals surface area contributed by atoms with E-state index in [1.807, 2.05) is 0 Å². The van der Waals surface area contributed by atoms with E-state index in [1.54, 1.807) is 38.1 Å². The third-order valence-corrected chi connectivity index (χ3v) is 3.89. The molecule has 1 unspecified atom stereocenters. The Hall–Kier alpha value is -2.34. The Morgan fingerprint density at radius 2 is 1.95 bits per heavy atom. The number of hydrogen-bond acceptors (Lipinski definition) is 5. The van der Waals surface area contributed by atoms with Crippen LogP contribution in [0.5, 0.6) is 0 Å². The molecule has 1 aliphatic rings. The first-order valence-electron chi connectivity index (χ1n) is 6.54. The highest BCUT2D eigenvalue weighted by Crippen LogP contribution is 2.41. The summed E-state index contributed by atoms with van der Waals surface area (Å²) in [5, 5.41) is 14.7. The van der Waals surface area contributed by atoms with Crippen molar-refractivity contribution < 1.29 is 14.5 Å². The summed E-state index contributed by atoms with van der Waals surface area (Å²) in [5.41, 5.74) is 1.46. The first kappa shape index (κ1) is 16.0. The second-order valence-electron chi connectivity index (χ2n) is 4.88. The van der Waals surface area contributed by atoms with Gasteiger partial charge in [-0.15, -0.1) is 0 Å². The summed E-state index contributed by atoms with van der Waals surface area (Å²) in [5.74, 6) is -1.50. The number of halogens is 1. The SMILES string of the molecule is COC(=O)C1=C(C)NC(C)=C([N+](=O)[O-])C1c1ccccc1Cl. The molecule has 1 heterocycles. The molecule has 0 amide bonds. The Kier molecular flexibility index (Phi) is 4.51. The van der Waals surface area contributed by atoms with Crippen LogP contribution in [0.4, 0.5) is 0 Å². The van der Waals surface area contributed by atoms with E-state index in [-0.39, 0.29) is 11.3 Å². The molecule has 1 aromatic rings. The molecule has 0 saturated carbocycles. The number of carbonyl (C=O) groups excluding carboxylic acids is 1. The number of hydrogen-bond donors (Lipinski definition) is 1. The molecule has 116 valence electrons. The van der Waals surface area contributed by atoms with Gasteiger partial charge in [0.15, 0.2) is 0 Å². The van der Waals surface area contributed by atoms with Crippen LogP contribution in [0.2, 0.25) is 5.02 Å². The first-order valence-corrected chi connectivity index (χ1v) is 6.92. The van der Waals surface area contributed by atoms with E-state index in [9.17, 15) is 14.9 Å². The van der Waals surface area contributed by atoms with Crippen molar-refractivity contribution in [3.8, 4) is 0 Å². The average Bonchev–Trinajstić information content (AvgIpc) is 2.45. The Balaban J connectivity index is 2.73. The third kappa shape index (κ3) is 2.69. The van der Waals surface area contributed by atoms with Crippen molar-refractivity contribution in [2.24, 2.45) is 0 Å². The van der Waals surface area contributed by atoms with Gasteiger partial charge in [0.1, 0.15) is 5.92 Å². The number of rotatable bonds is 3. The number of nitrogens with one attached hydrogen (secondary N) is 1. The van der Waals surface area contributed by atoms with Crippen molar-refractivity contribution in [1.29, 1.82) is 0 Å². The van der Waals surface area contributed by atoms with Gasteiger partial charge in [-0.3, -0.25) is 10.1 Å². The normalized spacial score (nSPS) is 18.1. The quantitative estimate of drug-likeness (QED) is 0.525. The minimum atomic E-state index is -0.877.